The molecule has 1 fully saturated rings. The van der Waals surface area contributed by atoms with Gasteiger partial charge in [-0.3, -0.25) is 0 Å². The zero-order valence-electron chi connectivity index (χ0n) is 10.2. The summed E-state index contributed by atoms with van der Waals surface area (Å²) in [4.78, 5) is 0. The molecule has 1 heteroatoms. The smallest absolute Gasteiger partial charge is 0.0459 e. The Balaban J connectivity index is 2.17. The highest BCUT2D eigenvalue weighted by atomic mass is 16.3. The van der Waals surface area contributed by atoms with Crippen LogP contribution in [0.3, 0.4) is 0 Å². The molecule has 0 saturated heterocycles. The van der Waals surface area contributed by atoms with Gasteiger partial charge >= 0.3 is 0 Å². The molecule has 1 N–H and O–H groups in total. The Labute approximate surface area is 95.3 Å². The van der Waals surface area contributed by atoms with Crippen molar-refractivity contribution in [3.63, 3.8) is 0 Å². The molecular weight excluding hydrogens is 184 g/mol. The first-order chi connectivity index (χ1) is 7.43. The maximum atomic E-state index is 9.25. The van der Waals surface area contributed by atoms with Gasteiger partial charge in [0.15, 0.2) is 0 Å². The second kappa shape index (κ2) is 9.21. The fourth-order valence-electron chi connectivity index (χ4n) is 2.61. The van der Waals surface area contributed by atoms with Crippen molar-refractivity contribution in [2.75, 3.05) is 6.61 Å². The van der Waals surface area contributed by atoms with E-state index >= 15 is 0 Å². The summed E-state index contributed by atoms with van der Waals surface area (Å²) >= 11 is 0. The number of aliphatic hydroxyl groups excluding tert-OH is 1. The van der Waals surface area contributed by atoms with E-state index in [-0.39, 0.29) is 0 Å². The first-order valence-corrected chi connectivity index (χ1v) is 7.04. The highest BCUT2D eigenvalue weighted by Gasteiger charge is 2.07. The predicted octanol–water partition coefficient (Wildman–Crippen LogP) is 4.29. The Kier molecular flexibility index (Phi) is 7.99. The molecule has 0 aromatic carbocycles. The van der Waals surface area contributed by atoms with Crippen LogP contribution in [-0.4, -0.2) is 11.7 Å². The molecule has 1 aliphatic carbocycles. The zero-order chi connectivity index (χ0) is 10.8. The number of rotatable bonds is 1. The monoisotopic (exact) mass is 212 g/mol. The molecule has 0 aromatic heterocycles. The van der Waals surface area contributed by atoms with Gasteiger partial charge < -0.3 is 5.11 Å². The first-order valence-electron chi connectivity index (χ1n) is 7.04. The molecule has 15 heavy (non-hydrogen) atoms. The highest BCUT2D eigenvalue weighted by Crippen LogP contribution is 2.20. The van der Waals surface area contributed by atoms with E-state index in [1.54, 1.807) is 0 Å². The molecule has 0 aliphatic heterocycles. The van der Waals surface area contributed by atoms with Crippen LogP contribution in [0, 0.1) is 5.92 Å². The van der Waals surface area contributed by atoms with E-state index in [1.807, 2.05) is 0 Å². The second-order valence-corrected chi connectivity index (χ2v) is 5.16. The third-order valence-corrected chi connectivity index (χ3v) is 3.73. The van der Waals surface area contributed by atoms with E-state index in [2.05, 4.69) is 0 Å². The molecule has 1 nitrogen and oxygen atoms in total. The summed E-state index contributed by atoms with van der Waals surface area (Å²) in [6.07, 6.45) is 16.6. The molecular formula is C14H28O. The van der Waals surface area contributed by atoms with Crippen molar-refractivity contribution in [2.45, 2.75) is 77.0 Å². The van der Waals surface area contributed by atoms with Gasteiger partial charge in [-0.15, -0.1) is 0 Å². The molecule has 0 radical (unpaired) electrons. The molecule has 0 amide bonds. The van der Waals surface area contributed by atoms with E-state index < -0.39 is 0 Å². The lowest BCUT2D eigenvalue weighted by molar-refractivity contribution is 0.204. The summed E-state index contributed by atoms with van der Waals surface area (Å²) in [6, 6.07) is 0. The van der Waals surface area contributed by atoms with Gasteiger partial charge in [0, 0.05) is 6.61 Å². The fraction of sp³-hybridized carbons (Fsp3) is 1.00. The summed E-state index contributed by atoms with van der Waals surface area (Å²) in [7, 11) is 0. The van der Waals surface area contributed by atoms with Crippen molar-refractivity contribution in [1.82, 2.24) is 0 Å². The van der Waals surface area contributed by atoms with Crippen molar-refractivity contribution in [3.05, 3.63) is 0 Å². The molecule has 1 rings (SSSR count). The summed E-state index contributed by atoms with van der Waals surface area (Å²) in [5.41, 5.74) is 0. The highest BCUT2D eigenvalue weighted by molar-refractivity contribution is 4.60. The first kappa shape index (κ1) is 13.0. The van der Waals surface area contributed by atoms with Crippen molar-refractivity contribution in [1.29, 1.82) is 0 Å². The quantitative estimate of drug-likeness (QED) is 0.687. The number of hydrogen-bond donors (Lipinski definition) is 1. The van der Waals surface area contributed by atoms with Crippen LogP contribution in [0.5, 0.6) is 0 Å². The average molecular weight is 212 g/mol. The lowest BCUT2D eigenvalue weighted by Gasteiger charge is -2.13. The van der Waals surface area contributed by atoms with E-state index in [0.29, 0.717) is 12.5 Å². The lowest BCUT2D eigenvalue weighted by Crippen LogP contribution is -2.05. The van der Waals surface area contributed by atoms with Crippen LogP contribution in [-0.2, 0) is 0 Å². The topological polar surface area (TPSA) is 20.2 Å². The number of hydrogen-bond acceptors (Lipinski definition) is 1. The molecule has 1 saturated carbocycles. The molecule has 90 valence electrons. The van der Waals surface area contributed by atoms with Gasteiger partial charge in [0.1, 0.15) is 0 Å². The predicted molar refractivity (Wildman–Crippen MR) is 66.0 cm³/mol. The lowest BCUT2D eigenvalue weighted by atomic mass is 9.95. The molecule has 0 heterocycles. The molecule has 1 aliphatic rings. The van der Waals surface area contributed by atoms with Crippen LogP contribution in [0.1, 0.15) is 77.0 Å². The Morgan fingerprint density at radius 1 is 0.600 bits per heavy atom. The van der Waals surface area contributed by atoms with Gasteiger partial charge in [-0.05, 0) is 18.8 Å². The minimum Gasteiger partial charge on any atom is -0.396 e. The van der Waals surface area contributed by atoms with Crippen LogP contribution in [0.4, 0.5) is 0 Å². The van der Waals surface area contributed by atoms with Crippen molar-refractivity contribution in [3.8, 4) is 0 Å². The Morgan fingerprint density at radius 3 is 1.27 bits per heavy atom. The van der Waals surface area contributed by atoms with Gasteiger partial charge in [0.2, 0.25) is 0 Å². The second-order valence-electron chi connectivity index (χ2n) is 5.16. The summed E-state index contributed by atoms with van der Waals surface area (Å²) in [5, 5.41) is 9.25. The molecule has 0 unspecified atom stereocenters. The number of aliphatic hydroxyl groups is 1. The van der Waals surface area contributed by atoms with Crippen molar-refractivity contribution in [2.24, 2.45) is 5.92 Å². The van der Waals surface area contributed by atoms with Crippen molar-refractivity contribution >= 4 is 0 Å². The largest absolute Gasteiger partial charge is 0.396 e. The third-order valence-electron chi connectivity index (χ3n) is 3.73. The van der Waals surface area contributed by atoms with E-state index in [0.717, 1.165) is 0 Å². The molecule has 0 spiro atoms. The van der Waals surface area contributed by atoms with Gasteiger partial charge in [0.05, 0.1) is 0 Å². The van der Waals surface area contributed by atoms with E-state index in [9.17, 15) is 5.11 Å². The SMILES string of the molecule is OCC1CCCCCCCCCCCC1. The summed E-state index contributed by atoms with van der Waals surface area (Å²) in [5.74, 6) is 0.603. The third kappa shape index (κ3) is 6.94. The molecule has 0 atom stereocenters. The van der Waals surface area contributed by atoms with Gasteiger partial charge in [-0.25, -0.2) is 0 Å². The minimum absolute atomic E-state index is 0.417. The van der Waals surface area contributed by atoms with Gasteiger partial charge in [-0.2, -0.15) is 0 Å². The minimum atomic E-state index is 0.417. The maximum absolute atomic E-state index is 9.25. The summed E-state index contributed by atoms with van der Waals surface area (Å²) < 4.78 is 0. The van der Waals surface area contributed by atoms with E-state index in [1.165, 1.54) is 77.0 Å². The zero-order valence-corrected chi connectivity index (χ0v) is 10.2. The van der Waals surface area contributed by atoms with Gasteiger partial charge in [-0.1, -0.05) is 64.2 Å². The molecule has 0 bridgehead atoms. The Morgan fingerprint density at radius 2 is 0.933 bits per heavy atom. The maximum Gasteiger partial charge on any atom is 0.0459 e. The Hall–Kier alpha value is -0.0400. The van der Waals surface area contributed by atoms with E-state index in [4.69, 9.17) is 0 Å². The standard InChI is InChI=1S/C14H28O/c15-13-14-11-9-7-5-3-1-2-4-6-8-10-12-14/h14-15H,1-13H2. The Bertz CT molecular complexity index is 119. The van der Waals surface area contributed by atoms with Crippen LogP contribution < -0.4 is 0 Å². The van der Waals surface area contributed by atoms with Gasteiger partial charge in [0.25, 0.3) is 0 Å². The molecule has 0 aromatic rings. The van der Waals surface area contributed by atoms with Crippen LogP contribution >= 0.6 is 0 Å². The summed E-state index contributed by atoms with van der Waals surface area (Å²) in [6.45, 7) is 0.417. The van der Waals surface area contributed by atoms with Crippen LogP contribution in [0.2, 0.25) is 0 Å². The normalized spacial score (nSPS) is 23.8. The van der Waals surface area contributed by atoms with Crippen LogP contribution in [0.15, 0.2) is 0 Å². The fourth-order valence-corrected chi connectivity index (χ4v) is 2.61. The van der Waals surface area contributed by atoms with Crippen LogP contribution in [0.25, 0.3) is 0 Å². The van der Waals surface area contributed by atoms with Crippen molar-refractivity contribution < 1.29 is 5.11 Å². The average Bonchev–Trinajstić information content (AvgIpc) is 2.29.